The van der Waals surface area contributed by atoms with Crippen molar-refractivity contribution in [1.82, 2.24) is 5.32 Å². The molecule has 7 nitrogen and oxygen atoms in total. The Balaban J connectivity index is 1.96. The van der Waals surface area contributed by atoms with Gasteiger partial charge < -0.3 is 19.2 Å². The molecule has 0 radical (unpaired) electrons. The van der Waals surface area contributed by atoms with Crippen molar-refractivity contribution in [2.45, 2.75) is 13.0 Å². The van der Waals surface area contributed by atoms with E-state index in [2.05, 4.69) is 10.1 Å². The van der Waals surface area contributed by atoms with Gasteiger partial charge in [-0.3, -0.25) is 14.4 Å². The molecule has 0 aliphatic heterocycles. The molecule has 1 N–H and O–H groups in total. The molecule has 0 saturated carbocycles. The monoisotopic (exact) mass is 349 g/mol. The molecule has 8 heteroatoms. The summed E-state index contributed by atoms with van der Waals surface area (Å²) in [5.74, 6) is -1.95. The van der Waals surface area contributed by atoms with Crippen molar-refractivity contribution >= 4 is 11.9 Å². The van der Waals surface area contributed by atoms with E-state index in [0.29, 0.717) is 0 Å². The van der Waals surface area contributed by atoms with E-state index in [1.54, 1.807) is 12.1 Å². The summed E-state index contributed by atoms with van der Waals surface area (Å²) < 4.78 is 28.2. The summed E-state index contributed by atoms with van der Waals surface area (Å²) in [5, 5.41) is 2.41. The summed E-state index contributed by atoms with van der Waals surface area (Å²) in [7, 11) is 1.24. The second-order valence-corrected chi connectivity index (χ2v) is 4.93. The topological polar surface area (TPSA) is 94.8 Å². The van der Waals surface area contributed by atoms with Crippen molar-refractivity contribution in [3.8, 4) is 5.75 Å². The number of carbonyl (C=O) groups is 2. The number of rotatable bonds is 7. The highest BCUT2D eigenvalue weighted by Gasteiger charge is 2.13. The highest BCUT2D eigenvalue weighted by atomic mass is 19.1. The largest absolute Gasteiger partial charge is 0.482 e. The predicted molar refractivity (Wildman–Crippen MR) is 84.7 cm³/mol. The van der Waals surface area contributed by atoms with Gasteiger partial charge >= 0.3 is 5.97 Å². The van der Waals surface area contributed by atoms with Gasteiger partial charge in [0.05, 0.1) is 13.5 Å². The van der Waals surface area contributed by atoms with Gasteiger partial charge in [0.15, 0.2) is 5.76 Å². The Hall–Kier alpha value is -3.16. The maximum atomic E-state index is 13.5. The zero-order valence-corrected chi connectivity index (χ0v) is 13.4. The van der Waals surface area contributed by atoms with E-state index < -0.39 is 23.1 Å². The molecule has 1 aromatic carbocycles. The van der Waals surface area contributed by atoms with Crippen LogP contribution in [0, 0.1) is 5.82 Å². The number of halogens is 1. The lowest BCUT2D eigenvalue weighted by Crippen LogP contribution is -2.27. The van der Waals surface area contributed by atoms with E-state index in [1.165, 1.54) is 19.2 Å². The van der Waals surface area contributed by atoms with Crippen molar-refractivity contribution in [3.63, 3.8) is 0 Å². The van der Waals surface area contributed by atoms with E-state index in [9.17, 15) is 18.8 Å². The van der Waals surface area contributed by atoms with Crippen molar-refractivity contribution in [1.29, 1.82) is 0 Å². The van der Waals surface area contributed by atoms with Gasteiger partial charge in [-0.1, -0.05) is 18.2 Å². The summed E-state index contributed by atoms with van der Waals surface area (Å²) in [6.07, 6.45) is 0.981. The second kappa shape index (κ2) is 8.62. The Morgan fingerprint density at radius 1 is 1.28 bits per heavy atom. The molecule has 0 aliphatic carbocycles. The molecule has 0 bridgehead atoms. The number of esters is 1. The third kappa shape index (κ3) is 5.17. The molecule has 0 spiro atoms. The lowest BCUT2D eigenvalue weighted by Gasteiger charge is -2.07. The number of benzene rings is 1. The number of amides is 1. The standard InChI is InChI=1S/C17H16FNO6/c1-23-16(21)6-7-19-17(22)14-8-13(20)15(10-25-14)24-9-11-4-2-3-5-12(11)18/h2-5,8,10H,6-7,9H2,1H3,(H,19,22). The summed E-state index contributed by atoms with van der Waals surface area (Å²) >= 11 is 0. The average Bonchev–Trinajstić information content (AvgIpc) is 2.61. The van der Waals surface area contributed by atoms with Gasteiger partial charge in [0.25, 0.3) is 5.91 Å². The Morgan fingerprint density at radius 2 is 2.04 bits per heavy atom. The van der Waals surface area contributed by atoms with Crippen molar-refractivity contribution < 1.29 is 27.9 Å². The molecule has 0 saturated heterocycles. The summed E-state index contributed by atoms with van der Waals surface area (Å²) in [4.78, 5) is 34.7. The lowest BCUT2D eigenvalue weighted by molar-refractivity contribution is -0.140. The third-order valence-corrected chi connectivity index (χ3v) is 3.21. The van der Waals surface area contributed by atoms with Crippen LogP contribution < -0.4 is 15.5 Å². The van der Waals surface area contributed by atoms with Crippen molar-refractivity contribution in [2.75, 3.05) is 13.7 Å². The molecular formula is C17H16FNO6. The van der Waals surface area contributed by atoms with Crippen LogP contribution in [0.15, 0.2) is 45.8 Å². The normalized spacial score (nSPS) is 10.2. The van der Waals surface area contributed by atoms with Gasteiger partial charge in [-0.2, -0.15) is 0 Å². The first-order valence-corrected chi connectivity index (χ1v) is 7.35. The molecule has 1 aromatic heterocycles. The van der Waals surface area contributed by atoms with Crippen molar-refractivity contribution in [2.24, 2.45) is 0 Å². The molecular weight excluding hydrogens is 333 g/mol. The molecule has 0 unspecified atom stereocenters. The number of hydrogen-bond donors (Lipinski definition) is 1. The first kappa shape index (κ1) is 18.2. The van der Waals surface area contributed by atoms with Gasteiger partial charge in [-0.05, 0) is 6.07 Å². The number of methoxy groups -OCH3 is 1. The zero-order chi connectivity index (χ0) is 18.2. The molecule has 2 aromatic rings. The fourth-order valence-electron chi connectivity index (χ4n) is 1.86. The first-order valence-electron chi connectivity index (χ1n) is 7.35. The van der Waals surface area contributed by atoms with Crippen LogP contribution in [-0.2, 0) is 16.1 Å². The highest BCUT2D eigenvalue weighted by Crippen LogP contribution is 2.11. The Bertz CT molecular complexity index is 817. The van der Waals surface area contributed by atoms with E-state index >= 15 is 0 Å². The highest BCUT2D eigenvalue weighted by molar-refractivity contribution is 5.91. The number of ether oxygens (including phenoxy) is 2. The van der Waals surface area contributed by atoms with Crippen LogP contribution in [0.25, 0.3) is 0 Å². The summed E-state index contributed by atoms with van der Waals surface area (Å²) in [6.45, 7) is -0.108. The zero-order valence-electron chi connectivity index (χ0n) is 13.4. The fourth-order valence-corrected chi connectivity index (χ4v) is 1.86. The predicted octanol–water partition coefficient (Wildman–Crippen LogP) is 1.65. The Morgan fingerprint density at radius 3 is 2.72 bits per heavy atom. The van der Waals surface area contributed by atoms with Gasteiger partial charge in [0, 0.05) is 18.2 Å². The van der Waals surface area contributed by atoms with Gasteiger partial charge in [0.2, 0.25) is 11.2 Å². The van der Waals surface area contributed by atoms with Crippen LogP contribution in [0.4, 0.5) is 4.39 Å². The quantitative estimate of drug-likeness (QED) is 0.764. The molecule has 1 amide bonds. The average molecular weight is 349 g/mol. The van der Waals surface area contributed by atoms with Gasteiger partial charge in [-0.25, -0.2) is 4.39 Å². The Kier molecular flexibility index (Phi) is 6.27. The maximum absolute atomic E-state index is 13.5. The third-order valence-electron chi connectivity index (χ3n) is 3.21. The molecule has 1 heterocycles. The smallest absolute Gasteiger partial charge is 0.307 e. The molecule has 2 rings (SSSR count). The lowest BCUT2D eigenvalue weighted by atomic mass is 10.2. The number of carbonyl (C=O) groups excluding carboxylic acids is 2. The first-order chi connectivity index (χ1) is 12.0. The maximum Gasteiger partial charge on any atom is 0.307 e. The Labute approximate surface area is 142 Å². The number of nitrogens with one attached hydrogen (secondary N) is 1. The molecule has 132 valence electrons. The van der Waals surface area contributed by atoms with Crippen LogP contribution >= 0.6 is 0 Å². The fraction of sp³-hybridized carbons (Fsp3) is 0.235. The van der Waals surface area contributed by atoms with Crippen LogP contribution in [0.2, 0.25) is 0 Å². The molecule has 25 heavy (non-hydrogen) atoms. The minimum atomic E-state index is -0.651. The van der Waals surface area contributed by atoms with E-state index in [0.717, 1.165) is 12.3 Å². The van der Waals surface area contributed by atoms with E-state index in [1.807, 2.05) is 0 Å². The molecule has 0 atom stereocenters. The minimum Gasteiger partial charge on any atom is -0.482 e. The van der Waals surface area contributed by atoms with Crippen LogP contribution in [-0.4, -0.2) is 25.5 Å². The van der Waals surface area contributed by atoms with E-state index in [4.69, 9.17) is 9.15 Å². The number of hydrogen-bond acceptors (Lipinski definition) is 6. The minimum absolute atomic E-state index is 0.00366. The van der Waals surface area contributed by atoms with E-state index in [-0.39, 0.29) is 36.6 Å². The van der Waals surface area contributed by atoms with Gasteiger partial charge in [-0.15, -0.1) is 0 Å². The van der Waals surface area contributed by atoms with Crippen LogP contribution in [0.1, 0.15) is 22.5 Å². The molecule has 0 aliphatic rings. The molecule has 0 fully saturated rings. The SMILES string of the molecule is COC(=O)CCNC(=O)c1cc(=O)c(OCc2ccccc2F)co1. The second-order valence-electron chi connectivity index (χ2n) is 4.93. The van der Waals surface area contributed by atoms with Crippen LogP contribution in [0.5, 0.6) is 5.75 Å². The van der Waals surface area contributed by atoms with Crippen molar-refractivity contribution in [3.05, 3.63) is 64.0 Å². The summed E-state index contributed by atoms with van der Waals surface area (Å²) in [5.41, 5.74) is -0.299. The van der Waals surface area contributed by atoms with Crippen LogP contribution in [0.3, 0.4) is 0 Å². The summed E-state index contributed by atoms with van der Waals surface area (Å²) in [6, 6.07) is 6.96. The van der Waals surface area contributed by atoms with Gasteiger partial charge in [0.1, 0.15) is 18.7 Å².